The summed E-state index contributed by atoms with van der Waals surface area (Å²) in [4.78, 5) is 7.45. The molecule has 0 aliphatic rings. The maximum absolute atomic E-state index is 12.7. The van der Waals surface area contributed by atoms with Crippen LogP contribution in [0.2, 0.25) is 0 Å². The lowest BCUT2D eigenvalue weighted by Crippen LogP contribution is -2.14. The Kier molecular flexibility index (Phi) is 7.21. The van der Waals surface area contributed by atoms with Crippen molar-refractivity contribution in [1.29, 1.82) is 0 Å². The topological polar surface area (TPSA) is 70.1 Å². The van der Waals surface area contributed by atoms with E-state index in [2.05, 4.69) is 20.6 Å². The summed E-state index contributed by atoms with van der Waals surface area (Å²) in [6.07, 6.45) is -1.13. The molecular weight excluding hydrogens is 285 g/mol. The Balaban J connectivity index is 2.61. The predicted molar refractivity (Wildman–Crippen MR) is 75.2 cm³/mol. The number of alkyl halides is 3. The lowest BCUT2D eigenvalue weighted by molar-refractivity contribution is -0.141. The minimum atomic E-state index is -4.50. The van der Waals surface area contributed by atoms with E-state index >= 15 is 0 Å². The second-order valence-corrected chi connectivity index (χ2v) is 4.55. The number of rotatable bonds is 9. The van der Waals surface area contributed by atoms with Crippen LogP contribution in [0.25, 0.3) is 0 Å². The number of hydrogen-bond acceptors (Lipinski definition) is 5. The van der Waals surface area contributed by atoms with Gasteiger partial charge in [0, 0.05) is 25.8 Å². The molecule has 0 atom stereocenters. The van der Waals surface area contributed by atoms with E-state index < -0.39 is 11.9 Å². The summed E-state index contributed by atoms with van der Waals surface area (Å²) in [7, 11) is 0. The molecule has 0 aliphatic heterocycles. The van der Waals surface area contributed by atoms with E-state index in [1.54, 1.807) is 6.92 Å². The van der Waals surface area contributed by atoms with E-state index in [-0.39, 0.29) is 18.4 Å². The molecule has 3 N–H and O–H groups in total. The molecule has 8 heteroatoms. The first-order chi connectivity index (χ1) is 9.97. The van der Waals surface area contributed by atoms with Gasteiger partial charge in [-0.1, -0.05) is 12.8 Å². The second-order valence-electron chi connectivity index (χ2n) is 4.55. The van der Waals surface area contributed by atoms with Crippen LogP contribution in [-0.2, 0) is 6.18 Å². The van der Waals surface area contributed by atoms with Crippen molar-refractivity contribution in [2.24, 2.45) is 0 Å². The molecule has 0 amide bonds. The van der Waals surface area contributed by atoms with Crippen molar-refractivity contribution in [3.63, 3.8) is 0 Å². The number of hydrogen-bond donors (Lipinski definition) is 3. The quantitative estimate of drug-likeness (QED) is 0.612. The van der Waals surface area contributed by atoms with Crippen LogP contribution in [0.1, 0.15) is 38.3 Å². The molecule has 5 nitrogen and oxygen atoms in total. The van der Waals surface area contributed by atoms with E-state index in [1.807, 2.05) is 0 Å². The highest BCUT2D eigenvalue weighted by Gasteiger charge is 2.33. The standard InChI is InChI=1S/C13H21F3N4O/c1-2-17-12-19-10(13(14,15)16)9-11(20-12)18-7-5-3-4-6-8-21/h9,21H,2-8H2,1H3,(H2,17,18,19,20). The largest absolute Gasteiger partial charge is 0.433 e. The van der Waals surface area contributed by atoms with Crippen LogP contribution >= 0.6 is 0 Å². The lowest BCUT2D eigenvalue weighted by Gasteiger charge is -2.12. The Bertz CT molecular complexity index is 426. The first-order valence-electron chi connectivity index (χ1n) is 7.02. The van der Waals surface area contributed by atoms with E-state index in [4.69, 9.17) is 5.11 Å². The molecule has 0 saturated carbocycles. The van der Waals surface area contributed by atoms with Gasteiger partial charge in [0.2, 0.25) is 5.95 Å². The maximum Gasteiger partial charge on any atom is 0.433 e. The number of unbranched alkanes of at least 4 members (excludes halogenated alkanes) is 3. The van der Waals surface area contributed by atoms with E-state index in [0.29, 0.717) is 13.1 Å². The highest BCUT2D eigenvalue weighted by molar-refractivity contribution is 5.43. The van der Waals surface area contributed by atoms with Gasteiger partial charge in [0.15, 0.2) is 5.69 Å². The van der Waals surface area contributed by atoms with Gasteiger partial charge in [-0.15, -0.1) is 0 Å². The van der Waals surface area contributed by atoms with Crippen LogP contribution in [0.3, 0.4) is 0 Å². The number of anilines is 2. The fourth-order valence-corrected chi connectivity index (χ4v) is 1.73. The molecule has 120 valence electrons. The molecule has 0 fully saturated rings. The fourth-order valence-electron chi connectivity index (χ4n) is 1.73. The number of nitrogens with zero attached hydrogens (tertiary/aromatic N) is 2. The summed E-state index contributed by atoms with van der Waals surface area (Å²) >= 11 is 0. The van der Waals surface area contributed by atoms with Crippen molar-refractivity contribution < 1.29 is 18.3 Å². The third-order valence-electron chi connectivity index (χ3n) is 2.74. The van der Waals surface area contributed by atoms with Crippen LogP contribution in [0, 0.1) is 0 Å². The summed E-state index contributed by atoms with van der Waals surface area (Å²) in [6.45, 7) is 2.91. The fraction of sp³-hybridized carbons (Fsp3) is 0.692. The van der Waals surface area contributed by atoms with Gasteiger partial charge >= 0.3 is 6.18 Å². The lowest BCUT2D eigenvalue weighted by atomic mass is 10.2. The van der Waals surface area contributed by atoms with Gasteiger partial charge < -0.3 is 15.7 Å². The van der Waals surface area contributed by atoms with Crippen LogP contribution in [0.4, 0.5) is 24.9 Å². The van der Waals surface area contributed by atoms with Crippen LogP contribution < -0.4 is 10.6 Å². The Hall–Kier alpha value is -1.57. The Morgan fingerprint density at radius 3 is 2.43 bits per heavy atom. The van der Waals surface area contributed by atoms with Crippen molar-refractivity contribution in [2.75, 3.05) is 30.3 Å². The molecule has 1 aromatic heterocycles. The monoisotopic (exact) mass is 306 g/mol. The third kappa shape index (κ3) is 6.61. The molecule has 1 heterocycles. The molecule has 0 aliphatic carbocycles. The van der Waals surface area contributed by atoms with Crippen molar-refractivity contribution in [3.05, 3.63) is 11.8 Å². The first kappa shape index (κ1) is 17.5. The van der Waals surface area contributed by atoms with E-state index in [9.17, 15) is 13.2 Å². The average molecular weight is 306 g/mol. The number of aliphatic hydroxyl groups excluding tert-OH is 1. The van der Waals surface area contributed by atoms with Crippen molar-refractivity contribution >= 4 is 11.8 Å². The normalized spacial score (nSPS) is 11.5. The summed E-state index contributed by atoms with van der Waals surface area (Å²) in [5.41, 5.74) is -0.962. The minimum absolute atomic E-state index is 0.0323. The second kappa shape index (κ2) is 8.66. The molecule has 21 heavy (non-hydrogen) atoms. The molecule has 0 saturated heterocycles. The minimum Gasteiger partial charge on any atom is -0.396 e. The number of nitrogens with one attached hydrogen (secondary N) is 2. The Labute approximate surface area is 122 Å². The summed E-state index contributed by atoms with van der Waals surface area (Å²) < 4.78 is 38.2. The maximum atomic E-state index is 12.7. The van der Waals surface area contributed by atoms with Crippen LogP contribution in [0.5, 0.6) is 0 Å². The average Bonchev–Trinajstić information content (AvgIpc) is 2.42. The molecule has 0 spiro atoms. The van der Waals surface area contributed by atoms with Gasteiger partial charge in [-0.25, -0.2) is 4.98 Å². The summed E-state index contributed by atoms with van der Waals surface area (Å²) in [5, 5.41) is 14.2. The zero-order valence-electron chi connectivity index (χ0n) is 12.0. The number of aliphatic hydroxyl groups is 1. The SMILES string of the molecule is CCNc1nc(NCCCCCCO)cc(C(F)(F)F)n1. The van der Waals surface area contributed by atoms with Gasteiger partial charge in [-0.2, -0.15) is 18.2 Å². The first-order valence-corrected chi connectivity index (χ1v) is 7.02. The van der Waals surface area contributed by atoms with Gasteiger partial charge in [0.1, 0.15) is 5.82 Å². The van der Waals surface area contributed by atoms with Crippen LogP contribution in [0.15, 0.2) is 6.07 Å². The Morgan fingerprint density at radius 2 is 1.81 bits per heavy atom. The summed E-state index contributed by atoms with van der Waals surface area (Å²) in [5.74, 6) is 0.130. The molecule has 0 radical (unpaired) electrons. The van der Waals surface area contributed by atoms with E-state index in [0.717, 1.165) is 31.7 Å². The molecule has 1 aromatic rings. The van der Waals surface area contributed by atoms with Crippen molar-refractivity contribution in [2.45, 2.75) is 38.8 Å². The highest BCUT2D eigenvalue weighted by Crippen LogP contribution is 2.29. The van der Waals surface area contributed by atoms with Crippen LogP contribution in [-0.4, -0.2) is 34.8 Å². The third-order valence-corrected chi connectivity index (χ3v) is 2.74. The Morgan fingerprint density at radius 1 is 1.10 bits per heavy atom. The highest BCUT2D eigenvalue weighted by atomic mass is 19.4. The zero-order chi connectivity index (χ0) is 15.7. The molecule has 0 aromatic carbocycles. The van der Waals surface area contributed by atoms with Gasteiger partial charge in [-0.05, 0) is 19.8 Å². The number of aromatic nitrogens is 2. The van der Waals surface area contributed by atoms with Gasteiger partial charge in [-0.3, -0.25) is 0 Å². The van der Waals surface area contributed by atoms with Gasteiger partial charge in [0.05, 0.1) is 0 Å². The number of halogens is 3. The molecule has 0 unspecified atom stereocenters. The molecule has 1 rings (SSSR count). The zero-order valence-corrected chi connectivity index (χ0v) is 12.0. The van der Waals surface area contributed by atoms with Crippen molar-refractivity contribution in [1.82, 2.24) is 9.97 Å². The summed E-state index contributed by atoms with van der Waals surface area (Å²) in [6, 6.07) is 0.911. The predicted octanol–water partition coefficient (Wildman–Crippen LogP) is 2.89. The van der Waals surface area contributed by atoms with Crippen molar-refractivity contribution in [3.8, 4) is 0 Å². The van der Waals surface area contributed by atoms with E-state index in [1.165, 1.54) is 0 Å². The van der Waals surface area contributed by atoms with Gasteiger partial charge in [0.25, 0.3) is 0 Å². The smallest absolute Gasteiger partial charge is 0.396 e. The molecule has 0 bridgehead atoms. The molecular formula is C13H21F3N4O.